The number of amides is 2. The van der Waals surface area contributed by atoms with E-state index < -0.39 is 29.3 Å². The van der Waals surface area contributed by atoms with E-state index in [4.69, 9.17) is 16.7 Å². The highest BCUT2D eigenvalue weighted by Crippen LogP contribution is 2.23. The molecule has 1 aromatic rings. The fourth-order valence-corrected chi connectivity index (χ4v) is 1.70. The molecule has 1 aromatic carbocycles. The van der Waals surface area contributed by atoms with Crippen molar-refractivity contribution in [1.29, 1.82) is 0 Å². The van der Waals surface area contributed by atoms with Gasteiger partial charge in [-0.3, -0.25) is 0 Å². The molecule has 110 valence electrons. The molecule has 0 aliphatic rings. The first kappa shape index (κ1) is 16.2. The Morgan fingerprint density at radius 3 is 2.45 bits per heavy atom. The summed E-state index contributed by atoms with van der Waals surface area (Å²) in [7, 11) is 0. The van der Waals surface area contributed by atoms with Gasteiger partial charge in [-0.15, -0.1) is 0 Å². The fourth-order valence-electron chi connectivity index (χ4n) is 1.53. The number of carboxylic acid groups (broad SMARTS) is 1. The minimum absolute atomic E-state index is 0.0715. The Hall–Kier alpha value is -1.82. The zero-order valence-corrected chi connectivity index (χ0v) is 12.1. The number of halogens is 2. The lowest BCUT2D eigenvalue weighted by molar-refractivity contribution is -0.141. The number of hydrogen-bond donors (Lipinski definition) is 3. The lowest BCUT2D eigenvalue weighted by atomic mass is 9.87. The number of rotatable bonds is 3. The number of nitrogens with one attached hydrogen (secondary N) is 2. The Morgan fingerprint density at radius 1 is 1.35 bits per heavy atom. The molecule has 0 aromatic heterocycles. The van der Waals surface area contributed by atoms with E-state index >= 15 is 0 Å². The molecule has 7 heteroatoms. The van der Waals surface area contributed by atoms with Gasteiger partial charge in [-0.05, 0) is 23.6 Å². The standard InChI is InChI=1S/C13H16ClFN2O3/c1-13(2,3)10(11(18)19)17-12(20)16-9-6-7(15)4-5-8(9)14/h4-6,10H,1-3H3,(H,18,19)(H2,16,17,20)/t10-/m1/s1. The molecule has 0 aliphatic carbocycles. The van der Waals surface area contributed by atoms with Gasteiger partial charge in [-0.25, -0.2) is 14.0 Å². The summed E-state index contributed by atoms with van der Waals surface area (Å²) >= 11 is 5.80. The average molecular weight is 303 g/mol. The van der Waals surface area contributed by atoms with Crippen molar-refractivity contribution >= 4 is 29.3 Å². The Bertz CT molecular complexity index is 529. The maximum absolute atomic E-state index is 13.1. The van der Waals surface area contributed by atoms with Gasteiger partial charge in [0.2, 0.25) is 0 Å². The highest BCUT2D eigenvalue weighted by Gasteiger charge is 2.32. The third-order valence-electron chi connectivity index (χ3n) is 2.57. The van der Waals surface area contributed by atoms with Crippen molar-refractivity contribution in [3.63, 3.8) is 0 Å². The topological polar surface area (TPSA) is 78.4 Å². The van der Waals surface area contributed by atoms with Gasteiger partial charge in [0, 0.05) is 0 Å². The van der Waals surface area contributed by atoms with Crippen molar-refractivity contribution in [1.82, 2.24) is 5.32 Å². The van der Waals surface area contributed by atoms with Crippen LogP contribution in [0.25, 0.3) is 0 Å². The second-order valence-corrected chi connectivity index (χ2v) is 5.77. The quantitative estimate of drug-likeness (QED) is 0.803. The molecule has 1 rings (SSSR count). The maximum atomic E-state index is 13.1. The number of carboxylic acids is 1. The van der Waals surface area contributed by atoms with Crippen molar-refractivity contribution in [2.24, 2.45) is 5.41 Å². The van der Waals surface area contributed by atoms with Crippen molar-refractivity contribution in [3.8, 4) is 0 Å². The van der Waals surface area contributed by atoms with Crippen LogP contribution in [0.1, 0.15) is 20.8 Å². The second-order valence-electron chi connectivity index (χ2n) is 5.36. The van der Waals surface area contributed by atoms with E-state index in [9.17, 15) is 14.0 Å². The van der Waals surface area contributed by atoms with Crippen LogP contribution in [0, 0.1) is 11.2 Å². The molecule has 0 aliphatic heterocycles. The Morgan fingerprint density at radius 2 is 1.95 bits per heavy atom. The minimum atomic E-state index is -1.15. The third kappa shape index (κ3) is 4.38. The third-order valence-corrected chi connectivity index (χ3v) is 2.89. The minimum Gasteiger partial charge on any atom is -0.480 e. The van der Waals surface area contributed by atoms with Gasteiger partial charge in [-0.1, -0.05) is 32.4 Å². The summed E-state index contributed by atoms with van der Waals surface area (Å²) in [4.78, 5) is 22.9. The normalized spacial score (nSPS) is 12.7. The summed E-state index contributed by atoms with van der Waals surface area (Å²) in [6.45, 7) is 5.05. The van der Waals surface area contributed by atoms with Crippen LogP contribution < -0.4 is 10.6 Å². The van der Waals surface area contributed by atoms with Crippen LogP contribution in [0.3, 0.4) is 0 Å². The molecule has 0 saturated heterocycles. The van der Waals surface area contributed by atoms with Gasteiger partial charge in [0.25, 0.3) is 0 Å². The Balaban J connectivity index is 2.81. The molecule has 0 radical (unpaired) electrons. The lowest BCUT2D eigenvalue weighted by Crippen LogP contribution is -2.50. The highest BCUT2D eigenvalue weighted by atomic mass is 35.5. The first-order valence-corrected chi connectivity index (χ1v) is 6.24. The van der Waals surface area contributed by atoms with E-state index in [1.54, 1.807) is 20.8 Å². The van der Waals surface area contributed by atoms with Crippen molar-refractivity contribution in [2.45, 2.75) is 26.8 Å². The van der Waals surface area contributed by atoms with Crippen molar-refractivity contribution in [2.75, 3.05) is 5.32 Å². The fraction of sp³-hybridized carbons (Fsp3) is 0.385. The number of carbonyl (C=O) groups is 2. The number of benzene rings is 1. The number of carbonyl (C=O) groups excluding carboxylic acids is 1. The van der Waals surface area contributed by atoms with Crippen LogP contribution in [-0.2, 0) is 4.79 Å². The van der Waals surface area contributed by atoms with Gasteiger partial charge in [0.05, 0.1) is 10.7 Å². The molecule has 0 fully saturated rings. The first-order valence-electron chi connectivity index (χ1n) is 5.86. The molecule has 0 spiro atoms. The van der Waals surface area contributed by atoms with Crippen LogP contribution in [-0.4, -0.2) is 23.1 Å². The molecule has 5 nitrogen and oxygen atoms in total. The Labute approximate surface area is 121 Å². The van der Waals surface area contributed by atoms with Gasteiger partial charge < -0.3 is 15.7 Å². The largest absolute Gasteiger partial charge is 0.480 e. The van der Waals surface area contributed by atoms with Gasteiger partial charge in [0.1, 0.15) is 11.9 Å². The number of aliphatic carboxylic acids is 1. The van der Waals surface area contributed by atoms with Crippen LogP contribution in [0.4, 0.5) is 14.9 Å². The molecule has 20 heavy (non-hydrogen) atoms. The highest BCUT2D eigenvalue weighted by molar-refractivity contribution is 6.33. The van der Waals surface area contributed by atoms with E-state index in [0.29, 0.717) is 0 Å². The number of urea groups is 1. The predicted octanol–water partition coefficient (Wildman–Crippen LogP) is 3.10. The molecular formula is C13H16ClFN2O3. The molecule has 0 saturated carbocycles. The van der Waals surface area contributed by atoms with E-state index in [1.165, 1.54) is 6.07 Å². The molecule has 0 unspecified atom stereocenters. The molecule has 0 bridgehead atoms. The maximum Gasteiger partial charge on any atom is 0.326 e. The van der Waals surface area contributed by atoms with Crippen molar-refractivity contribution < 1.29 is 19.1 Å². The summed E-state index contributed by atoms with van der Waals surface area (Å²) in [5.74, 6) is -1.71. The van der Waals surface area contributed by atoms with E-state index in [-0.39, 0.29) is 10.7 Å². The van der Waals surface area contributed by atoms with Gasteiger partial charge in [-0.2, -0.15) is 0 Å². The predicted molar refractivity (Wildman–Crippen MR) is 74.4 cm³/mol. The number of anilines is 1. The zero-order valence-electron chi connectivity index (χ0n) is 11.3. The van der Waals surface area contributed by atoms with Crippen LogP contribution in [0.5, 0.6) is 0 Å². The second kappa shape index (κ2) is 6.09. The summed E-state index contributed by atoms with van der Waals surface area (Å²) in [5.41, 5.74) is -0.600. The van der Waals surface area contributed by atoms with E-state index in [1.807, 2.05) is 0 Å². The van der Waals surface area contributed by atoms with Crippen LogP contribution in [0.15, 0.2) is 18.2 Å². The first-order chi connectivity index (χ1) is 9.11. The smallest absolute Gasteiger partial charge is 0.326 e. The molecular weight excluding hydrogens is 287 g/mol. The van der Waals surface area contributed by atoms with Gasteiger partial charge in [0.15, 0.2) is 0 Å². The monoisotopic (exact) mass is 302 g/mol. The summed E-state index contributed by atoms with van der Waals surface area (Å²) < 4.78 is 13.1. The summed E-state index contributed by atoms with van der Waals surface area (Å²) in [6, 6.07) is 1.65. The van der Waals surface area contributed by atoms with Crippen LogP contribution >= 0.6 is 11.6 Å². The van der Waals surface area contributed by atoms with Gasteiger partial charge >= 0.3 is 12.0 Å². The van der Waals surface area contributed by atoms with Crippen molar-refractivity contribution in [3.05, 3.63) is 29.0 Å². The van der Waals surface area contributed by atoms with E-state index in [2.05, 4.69) is 10.6 Å². The molecule has 0 heterocycles. The molecule has 2 amide bonds. The Kier molecular flexibility index (Phi) is 4.94. The SMILES string of the molecule is CC(C)(C)[C@H](NC(=O)Nc1cc(F)ccc1Cl)C(=O)O. The van der Waals surface area contributed by atoms with Crippen LogP contribution in [0.2, 0.25) is 5.02 Å². The number of hydrogen-bond acceptors (Lipinski definition) is 2. The zero-order chi connectivity index (χ0) is 15.5. The average Bonchev–Trinajstić information content (AvgIpc) is 2.29. The summed E-state index contributed by atoms with van der Waals surface area (Å²) in [5, 5.41) is 13.9. The molecule has 1 atom stereocenters. The van der Waals surface area contributed by atoms with E-state index in [0.717, 1.165) is 12.1 Å². The lowest BCUT2D eigenvalue weighted by Gasteiger charge is -2.27. The summed E-state index contributed by atoms with van der Waals surface area (Å²) in [6.07, 6.45) is 0. The molecule has 3 N–H and O–H groups in total.